The Balaban J connectivity index is 2.38. The number of hydrogen-bond donors (Lipinski definition) is 8. The maximum absolute atomic E-state index is 13.1. The number of aliphatic hydroxyl groups excluding tert-OH is 7. The summed E-state index contributed by atoms with van der Waals surface area (Å²) in [6.07, 6.45) is 41.9. The predicted molar refractivity (Wildman–Crippen MR) is 270 cm³/mol. The number of carbonyl (C=O) groups excluding carboxylic acids is 1. The molecule has 1 heterocycles. The Morgan fingerprint density at radius 3 is 1.42 bits per heavy atom. The molecule has 0 aromatic rings. The van der Waals surface area contributed by atoms with Gasteiger partial charge >= 0.3 is 0 Å². The molecule has 0 spiro atoms. The van der Waals surface area contributed by atoms with Crippen LogP contribution in [0.4, 0.5) is 0 Å². The quantitative estimate of drug-likeness (QED) is 0.0166. The van der Waals surface area contributed by atoms with Gasteiger partial charge in [-0.1, -0.05) is 211 Å². The molecule has 1 amide bonds. The third-order valence-corrected chi connectivity index (χ3v) is 13.2. The monoisotopic (exact) mass is 938 g/mol. The molecule has 1 aliphatic heterocycles. The Morgan fingerprint density at radius 1 is 0.530 bits per heavy atom. The lowest BCUT2D eigenvalue weighted by atomic mass is 9.98. The fourth-order valence-electron chi connectivity index (χ4n) is 8.67. The molecule has 1 rings (SSSR count). The van der Waals surface area contributed by atoms with Gasteiger partial charge in [-0.05, 0) is 64.2 Å². The van der Waals surface area contributed by atoms with Gasteiger partial charge in [0.2, 0.25) is 5.91 Å². The summed E-state index contributed by atoms with van der Waals surface area (Å²) in [5.41, 5.74) is 0. The second kappa shape index (κ2) is 44.5. The molecule has 1 saturated heterocycles. The highest BCUT2D eigenvalue weighted by Gasteiger charge is 2.44. The molecule has 0 bridgehead atoms. The van der Waals surface area contributed by atoms with Gasteiger partial charge in [-0.15, -0.1) is 0 Å². The Bertz CT molecular complexity index is 1170. The van der Waals surface area contributed by atoms with E-state index >= 15 is 0 Å². The third-order valence-electron chi connectivity index (χ3n) is 13.2. The summed E-state index contributed by atoms with van der Waals surface area (Å²) < 4.78 is 11.1. The minimum atomic E-state index is -1.67. The molecule has 388 valence electrons. The van der Waals surface area contributed by atoms with E-state index in [-0.39, 0.29) is 12.8 Å². The summed E-state index contributed by atoms with van der Waals surface area (Å²) in [5.74, 6) is -0.710. The van der Waals surface area contributed by atoms with Gasteiger partial charge in [0.25, 0.3) is 0 Å². The highest BCUT2D eigenvalue weighted by atomic mass is 16.7. The number of allylic oxidation sites excluding steroid dienone is 6. The second-order valence-corrected chi connectivity index (χ2v) is 19.3. The molecule has 11 heteroatoms. The summed E-state index contributed by atoms with van der Waals surface area (Å²) in [6.45, 7) is 3.42. The van der Waals surface area contributed by atoms with Gasteiger partial charge in [-0.2, -0.15) is 0 Å². The molecule has 9 atom stereocenters. The van der Waals surface area contributed by atoms with E-state index in [0.29, 0.717) is 12.8 Å². The Morgan fingerprint density at radius 2 is 0.939 bits per heavy atom. The van der Waals surface area contributed by atoms with Crippen molar-refractivity contribution < 1.29 is 50.0 Å². The number of rotatable bonds is 46. The van der Waals surface area contributed by atoms with Crippen LogP contribution in [0.15, 0.2) is 36.5 Å². The molecule has 8 N–H and O–H groups in total. The molecular formula is C55H103NO10. The standard InChI is InChI=1S/C55H103NO10/c1-3-5-7-9-11-13-15-17-19-21-23-24-25-27-28-30-32-34-36-38-40-42-47(58)50(60)46(45-65-55-53(63)52(62)51(61)49(44-57)66-55)56-54(64)48(59)43-41-39-37-35-33-31-29-26-22-20-18-16-14-12-10-8-6-4-2/h12,14,16,18,34,36,46-53,55,57-63H,3-11,13,15,17,19-33,35,37-45H2,1-2H3,(H,56,64)/b14-12-,18-16-,36-34+. The van der Waals surface area contributed by atoms with Gasteiger partial charge in [0, 0.05) is 0 Å². The maximum Gasteiger partial charge on any atom is 0.249 e. The zero-order valence-electron chi connectivity index (χ0n) is 42.2. The van der Waals surface area contributed by atoms with Crippen molar-refractivity contribution in [2.24, 2.45) is 0 Å². The van der Waals surface area contributed by atoms with E-state index in [1.807, 2.05) is 0 Å². The molecule has 0 aromatic carbocycles. The maximum atomic E-state index is 13.1. The van der Waals surface area contributed by atoms with E-state index in [1.165, 1.54) is 154 Å². The average molecular weight is 938 g/mol. The predicted octanol–water partition coefficient (Wildman–Crippen LogP) is 10.7. The van der Waals surface area contributed by atoms with Crippen LogP contribution in [0.25, 0.3) is 0 Å². The first-order valence-corrected chi connectivity index (χ1v) is 27.4. The summed E-state index contributed by atoms with van der Waals surface area (Å²) in [5, 5.41) is 76.0. The zero-order valence-corrected chi connectivity index (χ0v) is 42.2. The average Bonchev–Trinajstić information content (AvgIpc) is 3.32. The molecule has 9 unspecified atom stereocenters. The lowest BCUT2D eigenvalue weighted by Gasteiger charge is -2.40. The van der Waals surface area contributed by atoms with Crippen LogP contribution in [0.2, 0.25) is 0 Å². The van der Waals surface area contributed by atoms with Crippen LogP contribution in [0.5, 0.6) is 0 Å². The van der Waals surface area contributed by atoms with Crippen molar-refractivity contribution in [1.82, 2.24) is 5.32 Å². The first kappa shape index (κ1) is 62.3. The summed E-state index contributed by atoms with van der Waals surface area (Å²) >= 11 is 0. The van der Waals surface area contributed by atoms with Crippen molar-refractivity contribution in [2.45, 2.75) is 294 Å². The number of unbranched alkanes of at least 4 members (excludes halogenated alkanes) is 29. The Kier molecular flexibility index (Phi) is 42.1. The van der Waals surface area contributed by atoms with E-state index < -0.39 is 74.2 Å². The van der Waals surface area contributed by atoms with Crippen LogP contribution in [-0.4, -0.2) is 110 Å². The van der Waals surface area contributed by atoms with Crippen LogP contribution in [0, 0.1) is 0 Å². The number of hydrogen-bond acceptors (Lipinski definition) is 10. The third kappa shape index (κ3) is 33.0. The minimum Gasteiger partial charge on any atom is -0.394 e. The van der Waals surface area contributed by atoms with Crippen LogP contribution in [0.1, 0.15) is 239 Å². The lowest BCUT2D eigenvalue weighted by molar-refractivity contribution is -0.303. The number of carbonyl (C=O) groups is 1. The molecule has 1 fully saturated rings. The Labute approximate surface area is 403 Å². The van der Waals surface area contributed by atoms with Gasteiger partial charge in [-0.3, -0.25) is 4.79 Å². The fraction of sp³-hybridized carbons (Fsp3) is 0.873. The van der Waals surface area contributed by atoms with Gasteiger partial charge < -0.3 is 50.5 Å². The van der Waals surface area contributed by atoms with E-state index in [2.05, 4.69) is 55.6 Å². The van der Waals surface area contributed by atoms with Crippen LogP contribution in [-0.2, 0) is 14.3 Å². The topological polar surface area (TPSA) is 189 Å². The van der Waals surface area contributed by atoms with Crippen LogP contribution >= 0.6 is 0 Å². The van der Waals surface area contributed by atoms with Gasteiger partial charge in [0.15, 0.2) is 6.29 Å². The second-order valence-electron chi connectivity index (χ2n) is 19.3. The highest BCUT2D eigenvalue weighted by molar-refractivity contribution is 5.80. The van der Waals surface area contributed by atoms with E-state index in [4.69, 9.17) is 9.47 Å². The molecule has 1 aliphatic rings. The minimum absolute atomic E-state index is 0.248. The van der Waals surface area contributed by atoms with Gasteiger partial charge in [0.05, 0.1) is 25.4 Å². The van der Waals surface area contributed by atoms with E-state index in [0.717, 1.165) is 44.9 Å². The van der Waals surface area contributed by atoms with Crippen LogP contribution < -0.4 is 5.32 Å². The molecule has 0 radical (unpaired) electrons. The van der Waals surface area contributed by atoms with Crippen molar-refractivity contribution in [1.29, 1.82) is 0 Å². The summed E-state index contributed by atoms with van der Waals surface area (Å²) in [7, 11) is 0. The largest absolute Gasteiger partial charge is 0.394 e. The van der Waals surface area contributed by atoms with Crippen molar-refractivity contribution in [3.05, 3.63) is 36.5 Å². The molecule has 0 saturated carbocycles. The highest BCUT2D eigenvalue weighted by Crippen LogP contribution is 2.23. The van der Waals surface area contributed by atoms with Crippen molar-refractivity contribution in [3.63, 3.8) is 0 Å². The van der Waals surface area contributed by atoms with Crippen molar-refractivity contribution in [2.75, 3.05) is 13.2 Å². The molecule has 0 aromatic heterocycles. The molecular weight excluding hydrogens is 835 g/mol. The molecule has 0 aliphatic carbocycles. The SMILES string of the molecule is CCCCC/C=C\C=C/CCCCCCCCCCCC(O)C(=O)NC(COC1OC(CO)C(O)C(O)C1O)C(O)C(O)CCC/C=C/CCCCCCCCCCCCCCCCCC. The van der Waals surface area contributed by atoms with Crippen LogP contribution in [0.3, 0.4) is 0 Å². The molecule has 66 heavy (non-hydrogen) atoms. The first-order valence-electron chi connectivity index (χ1n) is 27.4. The summed E-state index contributed by atoms with van der Waals surface area (Å²) in [6, 6.07) is -1.19. The van der Waals surface area contributed by atoms with Crippen molar-refractivity contribution in [3.8, 4) is 0 Å². The fourth-order valence-corrected chi connectivity index (χ4v) is 8.67. The van der Waals surface area contributed by atoms with E-state index in [1.54, 1.807) is 0 Å². The Hall–Kier alpha value is -1.67. The first-order chi connectivity index (χ1) is 32.2. The summed E-state index contributed by atoms with van der Waals surface area (Å²) in [4.78, 5) is 13.1. The number of aliphatic hydroxyl groups is 7. The van der Waals surface area contributed by atoms with Gasteiger partial charge in [-0.25, -0.2) is 0 Å². The number of amides is 1. The smallest absolute Gasteiger partial charge is 0.249 e. The van der Waals surface area contributed by atoms with Gasteiger partial charge in [0.1, 0.15) is 36.6 Å². The molecule has 11 nitrogen and oxygen atoms in total. The van der Waals surface area contributed by atoms with E-state index in [9.17, 15) is 40.5 Å². The normalized spacial score (nSPS) is 21.0. The number of ether oxygens (including phenoxy) is 2. The number of nitrogens with one attached hydrogen (secondary N) is 1. The lowest BCUT2D eigenvalue weighted by Crippen LogP contribution is -2.60. The zero-order chi connectivity index (χ0) is 48.3. The van der Waals surface area contributed by atoms with Crippen molar-refractivity contribution >= 4 is 5.91 Å².